The number of nitrogens with one attached hydrogen (secondary N) is 1. The van der Waals surface area contributed by atoms with Crippen LogP contribution in [-0.4, -0.2) is 32.3 Å². The molecule has 0 aliphatic carbocycles. The molecule has 178 valence electrons. The Morgan fingerprint density at radius 1 is 1.12 bits per heavy atom. The fourth-order valence-electron chi connectivity index (χ4n) is 3.40. The summed E-state index contributed by atoms with van der Waals surface area (Å²) in [5, 5.41) is 12.0. The number of carbonyl (C=O) groups excluding carboxylic acids is 1. The average molecular weight is 466 g/mol. The lowest BCUT2D eigenvalue weighted by molar-refractivity contribution is -0.131. The molecule has 3 aromatic rings. The molecule has 0 aliphatic rings. The Kier molecular flexibility index (Phi) is 7.20. The van der Waals surface area contributed by atoms with Gasteiger partial charge >= 0.3 is 12.1 Å². The second-order valence-corrected chi connectivity index (χ2v) is 9.06. The first-order valence-electron chi connectivity index (χ1n) is 10.8. The number of carboxylic acid groups (broad SMARTS) is 1. The summed E-state index contributed by atoms with van der Waals surface area (Å²) in [5.74, 6) is -0.868. The predicted octanol–water partition coefficient (Wildman–Crippen LogP) is 6.38. The summed E-state index contributed by atoms with van der Waals surface area (Å²) in [6, 6.07) is 13.0. The van der Waals surface area contributed by atoms with Crippen molar-refractivity contribution in [3.8, 4) is 22.5 Å². The van der Waals surface area contributed by atoms with Crippen LogP contribution in [-0.2, 0) is 9.53 Å². The molecular weight excluding hydrogens is 437 g/mol. The first-order chi connectivity index (χ1) is 15.9. The molecule has 1 aromatic heterocycles. The third-order valence-corrected chi connectivity index (χ3v) is 4.72. The van der Waals surface area contributed by atoms with Crippen LogP contribution in [0.1, 0.15) is 46.4 Å². The van der Waals surface area contributed by atoms with Gasteiger partial charge in [-0.3, -0.25) is 5.32 Å². The Bertz CT molecular complexity index is 1220. The van der Waals surface area contributed by atoms with Gasteiger partial charge in [-0.1, -0.05) is 26.0 Å². The second-order valence-electron chi connectivity index (χ2n) is 9.06. The highest BCUT2D eigenvalue weighted by Gasteiger charge is 2.22. The Balaban J connectivity index is 2.18. The number of carboxylic acids is 1. The lowest BCUT2D eigenvalue weighted by Gasteiger charge is -2.20. The predicted molar refractivity (Wildman–Crippen MR) is 130 cm³/mol. The normalized spacial score (nSPS) is 11.7. The van der Waals surface area contributed by atoms with E-state index in [2.05, 4.69) is 5.32 Å². The first kappa shape index (κ1) is 24.7. The van der Waals surface area contributed by atoms with Gasteiger partial charge in [-0.25, -0.2) is 19.0 Å². The molecule has 1 amide bonds. The van der Waals surface area contributed by atoms with E-state index in [0.717, 1.165) is 6.08 Å². The van der Waals surface area contributed by atoms with E-state index < -0.39 is 17.7 Å². The van der Waals surface area contributed by atoms with Gasteiger partial charge in [0.25, 0.3) is 0 Å². The first-order valence-corrected chi connectivity index (χ1v) is 10.8. The molecule has 0 fully saturated rings. The van der Waals surface area contributed by atoms with Crippen LogP contribution in [0.2, 0.25) is 0 Å². The molecule has 0 unspecified atom stereocenters. The molecule has 0 bridgehead atoms. The summed E-state index contributed by atoms with van der Waals surface area (Å²) in [5.41, 5.74) is 2.38. The van der Waals surface area contributed by atoms with Crippen molar-refractivity contribution >= 4 is 23.9 Å². The molecule has 0 radical (unpaired) electrons. The van der Waals surface area contributed by atoms with Gasteiger partial charge in [-0.2, -0.15) is 0 Å². The third-order valence-electron chi connectivity index (χ3n) is 4.72. The van der Waals surface area contributed by atoms with Gasteiger partial charge in [0.1, 0.15) is 17.2 Å². The highest BCUT2D eigenvalue weighted by Crippen LogP contribution is 2.36. The van der Waals surface area contributed by atoms with E-state index in [0.29, 0.717) is 34.0 Å². The van der Waals surface area contributed by atoms with Gasteiger partial charge in [-0.15, -0.1) is 0 Å². The van der Waals surface area contributed by atoms with Gasteiger partial charge in [0.05, 0.1) is 11.4 Å². The molecule has 8 heteroatoms. The van der Waals surface area contributed by atoms with Gasteiger partial charge in [0.2, 0.25) is 0 Å². The number of rotatable bonds is 6. The van der Waals surface area contributed by atoms with Gasteiger partial charge in [-0.05, 0) is 57.2 Å². The van der Waals surface area contributed by atoms with Crippen molar-refractivity contribution in [2.45, 2.75) is 46.1 Å². The number of halogens is 1. The maximum atomic E-state index is 13.6. The Labute approximate surface area is 197 Å². The number of aliphatic carboxylic acids is 1. The molecule has 7 nitrogen and oxygen atoms in total. The van der Waals surface area contributed by atoms with Crippen molar-refractivity contribution in [1.82, 2.24) is 9.55 Å². The van der Waals surface area contributed by atoms with E-state index in [1.807, 2.05) is 19.9 Å². The fraction of sp³-hybridized carbons (Fsp3) is 0.269. The van der Waals surface area contributed by atoms with E-state index in [-0.39, 0.29) is 11.7 Å². The Morgan fingerprint density at radius 3 is 2.38 bits per heavy atom. The van der Waals surface area contributed by atoms with Crippen molar-refractivity contribution in [1.29, 1.82) is 0 Å². The van der Waals surface area contributed by atoms with Crippen LogP contribution in [0.25, 0.3) is 28.7 Å². The summed E-state index contributed by atoms with van der Waals surface area (Å²) in [4.78, 5) is 28.3. The number of hydrogen-bond donors (Lipinski definition) is 2. The number of anilines is 1. The molecule has 0 saturated heterocycles. The maximum absolute atomic E-state index is 13.6. The number of nitrogens with zero attached hydrogens (tertiary/aromatic N) is 2. The van der Waals surface area contributed by atoms with Crippen molar-refractivity contribution in [2.24, 2.45) is 0 Å². The number of benzene rings is 2. The van der Waals surface area contributed by atoms with Crippen LogP contribution >= 0.6 is 0 Å². The SMILES string of the molecule is CC(C)c1nc(-c2ccc(F)cc2)c(-c2cccc(NC(=O)OC(C)(C)C)c2)n1/C=C/C(=O)O. The number of hydrogen-bond acceptors (Lipinski definition) is 4. The minimum absolute atomic E-state index is 0.0329. The van der Waals surface area contributed by atoms with E-state index >= 15 is 0 Å². The minimum Gasteiger partial charge on any atom is -0.478 e. The topological polar surface area (TPSA) is 93.5 Å². The fourth-order valence-corrected chi connectivity index (χ4v) is 3.40. The minimum atomic E-state index is -1.10. The van der Waals surface area contributed by atoms with Crippen LogP contribution in [0.3, 0.4) is 0 Å². The molecular formula is C26H28FN3O4. The monoisotopic (exact) mass is 465 g/mol. The summed E-state index contributed by atoms with van der Waals surface area (Å²) >= 11 is 0. The van der Waals surface area contributed by atoms with Crippen molar-refractivity contribution in [2.75, 3.05) is 5.32 Å². The summed E-state index contributed by atoms with van der Waals surface area (Å²) in [7, 11) is 0. The van der Waals surface area contributed by atoms with Gasteiger partial charge in [0.15, 0.2) is 0 Å². The third kappa shape index (κ3) is 6.10. The molecule has 2 N–H and O–H groups in total. The number of carbonyl (C=O) groups is 2. The van der Waals surface area contributed by atoms with E-state index in [9.17, 15) is 19.1 Å². The van der Waals surface area contributed by atoms with Crippen LogP contribution in [0.4, 0.5) is 14.9 Å². The van der Waals surface area contributed by atoms with E-state index in [1.165, 1.54) is 18.3 Å². The summed E-state index contributed by atoms with van der Waals surface area (Å²) in [6.45, 7) is 9.23. The molecule has 2 aromatic carbocycles. The maximum Gasteiger partial charge on any atom is 0.412 e. The largest absolute Gasteiger partial charge is 0.478 e. The standard InChI is InChI=1S/C26H28FN3O4/c1-16(2)24-29-22(17-9-11-19(27)12-10-17)23(30(24)14-13-21(31)32)18-7-6-8-20(15-18)28-25(33)34-26(3,4)5/h6-16H,1-5H3,(H,28,33)(H,31,32)/b14-13+. The Morgan fingerprint density at radius 2 is 1.79 bits per heavy atom. The lowest BCUT2D eigenvalue weighted by atomic mass is 10.0. The molecule has 0 atom stereocenters. The van der Waals surface area contributed by atoms with Crippen molar-refractivity contribution in [3.63, 3.8) is 0 Å². The van der Waals surface area contributed by atoms with E-state index in [1.54, 1.807) is 55.7 Å². The van der Waals surface area contributed by atoms with Crippen LogP contribution in [0, 0.1) is 5.82 Å². The van der Waals surface area contributed by atoms with Gasteiger partial charge < -0.3 is 14.4 Å². The van der Waals surface area contributed by atoms with Crippen LogP contribution in [0.15, 0.2) is 54.6 Å². The zero-order chi connectivity index (χ0) is 25.0. The zero-order valence-electron chi connectivity index (χ0n) is 19.8. The van der Waals surface area contributed by atoms with Crippen molar-refractivity contribution in [3.05, 3.63) is 66.2 Å². The summed E-state index contributed by atoms with van der Waals surface area (Å²) in [6.07, 6.45) is 1.89. The molecule has 0 aliphatic heterocycles. The number of ether oxygens (including phenoxy) is 1. The molecule has 1 heterocycles. The molecule has 34 heavy (non-hydrogen) atoms. The quantitative estimate of drug-likeness (QED) is 0.412. The van der Waals surface area contributed by atoms with Gasteiger partial charge in [0, 0.05) is 35.0 Å². The second kappa shape index (κ2) is 9.91. The molecule has 0 spiro atoms. The Hall–Kier alpha value is -3.94. The molecule has 0 saturated carbocycles. The summed E-state index contributed by atoms with van der Waals surface area (Å²) < 4.78 is 20.6. The highest BCUT2D eigenvalue weighted by molar-refractivity contribution is 5.89. The number of amides is 1. The van der Waals surface area contributed by atoms with Crippen LogP contribution in [0.5, 0.6) is 0 Å². The van der Waals surface area contributed by atoms with Crippen LogP contribution < -0.4 is 5.32 Å². The zero-order valence-corrected chi connectivity index (χ0v) is 19.8. The smallest absolute Gasteiger partial charge is 0.412 e. The highest BCUT2D eigenvalue weighted by atomic mass is 19.1. The lowest BCUT2D eigenvalue weighted by Crippen LogP contribution is -2.27. The van der Waals surface area contributed by atoms with Crippen molar-refractivity contribution < 1.29 is 23.8 Å². The number of aromatic nitrogens is 2. The average Bonchev–Trinajstić information content (AvgIpc) is 3.11. The number of imidazole rings is 1. The molecule has 3 rings (SSSR count). The van der Waals surface area contributed by atoms with E-state index in [4.69, 9.17) is 9.72 Å².